The van der Waals surface area contributed by atoms with Crippen molar-refractivity contribution in [2.45, 2.75) is 57.5 Å². The molecule has 190 valence electrons. The minimum atomic E-state index is -0.512. The second kappa shape index (κ2) is 8.84. The first-order valence-corrected chi connectivity index (χ1v) is 13.3. The molecule has 0 amide bonds. The predicted octanol–water partition coefficient (Wildman–Crippen LogP) is 5.78. The van der Waals surface area contributed by atoms with Crippen LogP contribution in [-0.2, 0) is 6.42 Å². The number of carbonyl (C=O) groups excluding carboxylic acids is 2. The van der Waals surface area contributed by atoms with E-state index in [4.69, 9.17) is 0 Å². The lowest BCUT2D eigenvalue weighted by Crippen LogP contribution is -2.44. The van der Waals surface area contributed by atoms with Crippen molar-refractivity contribution in [3.05, 3.63) is 94.0 Å². The Bertz CT molecular complexity index is 1380. The van der Waals surface area contributed by atoms with Crippen LogP contribution in [0, 0.1) is 17.3 Å². The number of aliphatic hydroxyl groups excluding tert-OH is 1. The molecule has 0 aromatic heterocycles. The number of hydrogen-bond donors (Lipinski definition) is 3. The number of aromatic hydroxyl groups is 2. The molecule has 0 aliphatic heterocycles. The first-order chi connectivity index (χ1) is 17.8. The second-order valence-corrected chi connectivity index (χ2v) is 11.3. The Kier molecular flexibility index (Phi) is 5.72. The zero-order valence-electron chi connectivity index (χ0n) is 21.0. The van der Waals surface area contributed by atoms with Gasteiger partial charge in [-0.2, -0.15) is 0 Å². The van der Waals surface area contributed by atoms with Gasteiger partial charge in [0.15, 0.2) is 23.1 Å². The molecule has 5 heteroatoms. The molecule has 0 saturated heterocycles. The number of hydrogen-bond acceptors (Lipinski definition) is 5. The standard InChI is InChI=1S/C32H32O5/c1-32-17-16-21-20(23(32)14-15-24(32)33)12-13-22-25(21)27(29(35)19-10-6-3-7-11-19)31(37)30(36)26(22)28(34)18-8-4-2-5-9-18/h2-11,20-21,23-24,33,36-37H,12-17H2,1H3/t20-,21+,23+,24+,32+/m1/s1. The molecule has 3 aromatic rings. The minimum absolute atomic E-state index is 0.0244. The van der Waals surface area contributed by atoms with Gasteiger partial charge in [-0.1, -0.05) is 67.6 Å². The fourth-order valence-corrected chi connectivity index (χ4v) is 7.74. The molecule has 5 atom stereocenters. The van der Waals surface area contributed by atoms with Crippen LogP contribution in [0.4, 0.5) is 0 Å². The molecule has 6 rings (SSSR count). The Morgan fingerprint density at radius 1 is 0.784 bits per heavy atom. The van der Waals surface area contributed by atoms with E-state index in [-0.39, 0.29) is 46.0 Å². The summed E-state index contributed by atoms with van der Waals surface area (Å²) in [6.07, 6.45) is 4.34. The molecule has 5 nitrogen and oxygen atoms in total. The van der Waals surface area contributed by atoms with Gasteiger partial charge in [0.1, 0.15) is 0 Å². The van der Waals surface area contributed by atoms with Crippen molar-refractivity contribution in [1.82, 2.24) is 0 Å². The zero-order valence-corrected chi connectivity index (χ0v) is 21.0. The van der Waals surface area contributed by atoms with Crippen molar-refractivity contribution >= 4 is 11.6 Å². The molecule has 3 N–H and O–H groups in total. The van der Waals surface area contributed by atoms with Gasteiger partial charge >= 0.3 is 0 Å². The van der Waals surface area contributed by atoms with Crippen LogP contribution >= 0.6 is 0 Å². The van der Waals surface area contributed by atoms with Crippen LogP contribution in [0.1, 0.15) is 87.9 Å². The van der Waals surface area contributed by atoms with E-state index in [0.717, 1.165) is 37.7 Å². The van der Waals surface area contributed by atoms with E-state index in [1.54, 1.807) is 48.5 Å². The van der Waals surface area contributed by atoms with Crippen LogP contribution in [0.5, 0.6) is 11.5 Å². The van der Waals surface area contributed by atoms with Crippen LogP contribution in [0.25, 0.3) is 0 Å². The summed E-state index contributed by atoms with van der Waals surface area (Å²) in [7, 11) is 0. The minimum Gasteiger partial charge on any atom is -0.504 e. The molecular weight excluding hydrogens is 464 g/mol. The quantitative estimate of drug-likeness (QED) is 0.315. The van der Waals surface area contributed by atoms with Gasteiger partial charge in [0.25, 0.3) is 0 Å². The number of ketones is 2. The number of rotatable bonds is 4. The maximum Gasteiger partial charge on any atom is 0.197 e. The van der Waals surface area contributed by atoms with Gasteiger partial charge in [-0.05, 0) is 72.8 Å². The van der Waals surface area contributed by atoms with E-state index >= 15 is 0 Å². The van der Waals surface area contributed by atoms with Crippen LogP contribution in [0.2, 0.25) is 0 Å². The third kappa shape index (κ3) is 3.55. The molecule has 2 saturated carbocycles. The summed E-state index contributed by atoms with van der Waals surface area (Å²) in [5, 5.41) is 33.4. The highest BCUT2D eigenvalue weighted by Gasteiger charge is 2.55. The van der Waals surface area contributed by atoms with E-state index in [0.29, 0.717) is 29.0 Å². The van der Waals surface area contributed by atoms with Gasteiger partial charge in [0.2, 0.25) is 0 Å². The van der Waals surface area contributed by atoms with Gasteiger partial charge in [-0.25, -0.2) is 0 Å². The summed E-state index contributed by atoms with van der Waals surface area (Å²) in [5.74, 6) is -1.17. The molecule has 0 heterocycles. The van der Waals surface area contributed by atoms with Gasteiger partial charge in [-0.3, -0.25) is 9.59 Å². The molecular formula is C32H32O5. The van der Waals surface area contributed by atoms with E-state index in [9.17, 15) is 24.9 Å². The summed E-state index contributed by atoms with van der Waals surface area (Å²) < 4.78 is 0. The van der Waals surface area contributed by atoms with E-state index in [2.05, 4.69) is 6.92 Å². The van der Waals surface area contributed by atoms with Crippen molar-refractivity contribution in [2.75, 3.05) is 0 Å². The van der Waals surface area contributed by atoms with Crippen molar-refractivity contribution in [1.29, 1.82) is 0 Å². The zero-order chi connectivity index (χ0) is 25.9. The van der Waals surface area contributed by atoms with Gasteiger partial charge in [0.05, 0.1) is 17.2 Å². The molecule has 3 aliphatic rings. The number of benzene rings is 3. The first-order valence-electron chi connectivity index (χ1n) is 13.3. The highest BCUT2D eigenvalue weighted by Crippen LogP contribution is 2.62. The molecule has 2 fully saturated rings. The van der Waals surface area contributed by atoms with Crippen LogP contribution < -0.4 is 0 Å². The van der Waals surface area contributed by atoms with Crippen LogP contribution in [-0.4, -0.2) is 33.0 Å². The summed E-state index contributed by atoms with van der Waals surface area (Å²) in [6.45, 7) is 2.19. The normalized spacial score (nSPS) is 28.2. The van der Waals surface area contributed by atoms with E-state index < -0.39 is 11.5 Å². The van der Waals surface area contributed by atoms with Crippen molar-refractivity contribution < 1.29 is 24.9 Å². The molecule has 0 bridgehead atoms. The lowest BCUT2D eigenvalue weighted by Gasteiger charge is -2.50. The Hall–Kier alpha value is -3.44. The Morgan fingerprint density at radius 2 is 1.35 bits per heavy atom. The van der Waals surface area contributed by atoms with Crippen molar-refractivity contribution in [2.24, 2.45) is 17.3 Å². The second-order valence-electron chi connectivity index (χ2n) is 11.3. The average Bonchev–Trinajstić information content (AvgIpc) is 3.24. The Balaban J connectivity index is 1.57. The molecule has 0 unspecified atom stereocenters. The van der Waals surface area contributed by atoms with Crippen molar-refractivity contribution in [3.63, 3.8) is 0 Å². The lowest BCUT2D eigenvalue weighted by molar-refractivity contribution is -0.0227. The first kappa shape index (κ1) is 23.9. The fourth-order valence-electron chi connectivity index (χ4n) is 7.74. The third-order valence-electron chi connectivity index (χ3n) is 9.61. The number of aliphatic hydroxyl groups is 1. The number of phenols is 2. The molecule has 0 spiro atoms. The lowest BCUT2D eigenvalue weighted by atomic mass is 9.54. The average molecular weight is 497 g/mol. The molecule has 0 radical (unpaired) electrons. The van der Waals surface area contributed by atoms with Crippen LogP contribution in [0.3, 0.4) is 0 Å². The third-order valence-corrected chi connectivity index (χ3v) is 9.61. The summed E-state index contributed by atoms with van der Waals surface area (Å²) in [6, 6.07) is 17.6. The maximum absolute atomic E-state index is 13.9. The van der Waals surface area contributed by atoms with Crippen LogP contribution in [0.15, 0.2) is 60.7 Å². The summed E-state index contributed by atoms with van der Waals surface area (Å²) in [4.78, 5) is 27.6. The largest absolute Gasteiger partial charge is 0.504 e. The van der Waals surface area contributed by atoms with Gasteiger partial charge in [0, 0.05) is 11.1 Å². The number of phenolic OH excluding ortho intramolecular Hbond substituents is 2. The summed E-state index contributed by atoms with van der Waals surface area (Å²) >= 11 is 0. The van der Waals surface area contributed by atoms with E-state index in [1.165, 1.54) is 0 Å². The molecule has 37 heavy (non-hydrogen) atoms. The molecule has 3 aromatic carbocycles. The topological polar surface area (TPSA) is 94.8 Å². The van der Waals surface area contributed by atoms with Crippen molar-refractivity contribution in [3.8, 4) is 11.5 Å². The molecule has 3 aliphatic carbocycles. The monoisotopic (exact) mass is 496 g/mol. The van der Waals surface area contributed by atoms with Gasteiger partial charge in [-0.15, -0.1) is 0 Å². The summed E-state index contributed by atoms with van der Waals surface area (Å²) in [5.41, 5.74) is 2.36. The van der Waals surface area contributed by atoms with E-state index in [1.807, 2.05) is 12.1 Å². The Labute approximate surface area is 216 Å². The fraction of sp³-hybridized carbons (Fsp3) is 0.375. The highest BCUT2D eigenvalue weighted by molar-refractivity contribution is 6.17. The highest BCUT2D eigenvalue weighted by atomic mass is 16.3. The maximum atomic E-state index is 13.9. The Morgan fingerprint density at radius 3 is 1.97 bits per heavy atom. The predicted molar refractivity (Wildman–Crippen MR) is 140 cm³/mol. The smallest absolute Gasteiger partial charge is 0.197 e. The SMILES string of the molecule is C[C@]12CC[C@@H]3c4c(c(C(=O)c5ccccc5)c(O)c(O)c4C(=O)c4ccccc4)CC[C@H]3[C@@H]1CC[C@@H]2O. The number of fused-ring (bicyclic) bond motifs is 5. The number of carbonyl (C=O) groups is 2. The van der Waals surface area contributed by atoms with Gasteiger partial charge < -0.3 is 15.3 Å².